The Kier molecular flexibility index (Phi) is 13.2. The number of epoxide rings is 1. The third kappa shape index (κ3) is 9.02. The van der Waals surface area contributed by atoms with Crippen LogP contribution in [0.3, 0.4) is 0 Å². The van der Waals surface area contributed by atoms with Crippen molar-refractivity contribution in [3.63, 3.8) is 0 Å². The molecule has 3 heterocycles. The van der Waals surface area contributed by atoms with Gasteiger partial charge in [0, 0.05) is 45.7 Å². The van der Waals surface area contributed by atoms with Crippen LogP contribution in [0.1, 0.15) is 52.5 Å². The molecule has 51 heavy (non-hydrogen) atoms. The zero-order valence-corrected chi connectivity index (χ0v) is 32.3. The molecular weight excluding hydrogens is 702 g/mol. The predicted molar refractivity (Wildman–Crippen MR) is 194 cm³/mol. The van der Waals surface area contributed by atoms with Crippen molar-refractivity contribution in [2.24, 2.45) is 5.92 Å². The molecule has 0 aromatic heterocycles. The number of thioether (sulfide) groups is 1. The molecule has 2 N–H and O–H groups in total. The van der Waals surface area contributed by atoms with Gasteiger partial charge in [0.15, 0.2) is 5.72 Å². The lowest BCUT2D eigenvalue weighted by molar-refractivity contribution is -0.161. The van der Waals surface area contributed by atoms with Crippen molar-refractivity contribution in [1.29, 1.82) is 0 Å². The van der Waals surface area contributed by atoms with Gasteiger partial charge in [-0.1, -0.05) is 42.3 Å². The minimum Gasteiger partial charge on any atom is -0.495 e. The Hall–Kier alpha value is -3.30. The van der Waals surface area contributed by atoms with E-state index < -0.39 is 65.7 Å². The van der Waals surface area contributed by atoms with Gasteiger partial charge < -0.3 is 38.6 Å². The molecule has 282 valence electrons. The quantitative estimate of drug-likeness (QED) is 0.289. The normalized spacial score (nSPS) is 31.9. The fraction of sp³-hybridized carbons (Fsp3) is 0.611. The van der Waals surface area contributed by atoms with Crippen LogP contribution in [0.4, 0.5) is 10.5 Å². The van der Waals surface area contributed by atoms with Crippen LogP contribution in [0.5, 0.6) is 5.75 Å². The van der Waals surface area contributed by atoms with Crippen molar-refractivity contribution in [3.05, 3.63) is 46.5 Å². The summed E-state index contributed by atoms with van der Waals surface area (Å²) in [5.74, 6) is -0.896. The molecule has 15 heteroatoms. The maximum absolute atomic E-state index is 14.1. The summed E-state index contributed by atoms with van der Waals surface area (Å²) < 4.78 is 29.1. The molecule has 0 aliphatic carbocycles. The van der Waals surface area contributed by atoms with E-state index >= 15 is 0 Å². The van der Waals surface area contributed by atoms with E-state index in [9.17, 15) is 24.3 Å². The highest BCUT2D eigenvalue weighted by molar-refractivity contribution is 7.98. The van der Waals surface area contributed by atoms with Gasteiger partial charge in [0.05, 0.1) is 25.3 Å². The van der Waals surface area contributed by atoms with Gasteiger partial charge in [-0.15, -0.1) is 0 Å². The topological polar surface area (TPSA) is 156 Å². The number of methoxy groups -OCH3 is 2. The Morgan fingerprint density at radius 1 is 1.27 bits per heavy atom. The maximum atomic E-state index is 14.1. The van der Waals surface area contributed by atoms with Crippen molar-refractivity contribution < 1.29 is 48.0 Å². The number of benzene rings is 1. The van der Waals surface area contributed by atoms with Crippen LogP contribution in [0.25, 0.3) is 0 Å². The summed E-state index contributed by atoms with van der Waals surface area (Å²) in [6, 6.07) is 2.64. The second-order valence-electron chi connectivity index (χ2n) is 13.6. The summed E-state index contributed by atoms with van der Waals surface area (Å²) in [5, 5.41) is 14.4. The number of aliphatic hydroxyl groups is 1. The van der Waals surface area contributed by atoms with E-state index in [0.29, 0.717) is 23.6 Å². The van der Waals surface area contributed by atoms with Crippen molar-refractivity contribution in [2.45, 2.75) is 95.2 Å². The molecule has 3 amide bonds. The second kappa shape index (κ2) is 16.6. The summed E-state index contributed by atoms with van der Waals surface area (Å²) in [5.41, 5.74) is -0.877. The number of amides is 3. The first-order chi connectivity index (χ1) is 24.0. The van der Waals surface area contributed by atoms with Crippen molar-refractivity contribution in [1.82, 2.24) is 10.2 Å². The molecule has 2 fully saturated rings. The van der Waals surface area contributed by atoms with E-state index in [1.807, 2.05) is 19.3 Å². The Morgan fingerprint density at radius 2 is 1.98 bits per heavy atom. The summed E-state index contributed by atoms with van der Waals surface area (Å²) in [7, 11) is 6.04. The number of nitrogens with one attached hydrogen (secondary N) is 1. The first-order valence-corrected chi connectivity index (χ1v) is 18.6. The Morgan fingerprint density at radius 3 is 2.63 bits per heavy atom. The molecule has 8 atom stereocenters. The number of esters is 1. The van der Waals surface area contributed by atoms with E-state index in [2.05, 4.69) is 5.32 Å². The summed E-state index contributed by atoms with van der Waals surface area (Å²) in [4.78, 5) is 56.0. The highest BCUT2D eigenvalue weighted by Gasteiger charge is 2.64. The largest absolute Gasteiger partial charge is 0.495 e. The molecule has 0 saturated carbocycles. The fourth-order valence-electron chi connectivity index (χ4n) is 6.58. The van der Waals surface area contributed by atoms with Crippen molar-refractivity contribution >= 4 is 52.9 Å². The number of hydrogen-bond acceptors (Lipinski definition) is 11. The highest BCUT2D eigenvalue weighted by atomic mass is 35.5. The number of carbonyl (C=O) groups excluding carboxylic acids is 4. The number of likely N-dealkylation sites (N-methyl/N-ethyl adjacent to an activating group) is 1. The smallest absolute Gasteiger partial charge is 0.409 e. The molecular formula is C36H50ClN3O10S. The Balaban J connectivity index is 1.76. The molecule has 1 aromatic carbocycles. The van der Waals surface area contributed by atoms with E-state index in [1.54, 1.807) is 52.1 Å². The predicted octanol–water partition coefficient (Wildman–Crippen LogP) is 4.27. The second-order valence-corrected chi connectivity index (χ2v) is 15.0. The van der Waals surface area contributed by atoms with Gasteiger partial charge in [0.1, 0.15) is 40.7 Å². The number of carbonyl (C=O) groups is 4. The van der Waals surface area contributed by atoms with Gasteiger partial charge >= 0.3 is 12.1 Å². The number of fused-ring (bicyclic) bond motifs is 5. The van der Waals surface area contributed by atoms with E-state index in [1.165, 1.54) is 42.8 Å². The lowest BCUT2D eigenvalue weighted by Crippen LogP contribution is -2.63. The lowest BCUT2D eigenvalue weighted by Gasteiger charge is -2.42. The standard InChI is InChI=1S/C36H50ClN3O10S/c1-20-11-10-12-27(47-8)36(45)19-26(48-34(44)38-36)21(2)32-35(4,50-32)28(49-33(43)22(3)39(5)29(41)13-14-51-9)18-30(42)40(6)24-16-23(15-20)17-25(46-7)31(24)37/h10-12,16-17,21-22,26-28,32,45H,13-15,18-19H2,1-9H3,(H,38,44)/b12-10-,20-11-/t21-,22-,26+,27-,28+,32+,35+,36+/m1/s1. The molecule has 3 aliphatic heterocycles. The molecule has 13 nitrogen and oxygen atoms in total. The number of hydrogen-bond donors (Lipinski definition) is 2. The van der Waals surface area contributed by atoms with Crippen molar-refractivity contribution in [3.8, 4) is 5.75 Å². The summed E-state index contributed by atoms with van der Waals surface area (Å²) >= 11 is 8.27. The van der Waals surface area contributed by atoms with Crippen molar-refractivity contribution in [2.75, 3.05) is 45.2 Å². The van der Waals surface area contributed by atoms with Crippen LogP contribution in [0.2, 0.25) is 5.02 Å². The molecule has 3 aliphatic rings. The zero-order valence-electron chi connectivity index (χ0n) is 30.7. The first kappa shape index (κ1) is 40.5. The highest BCUT2D eigenvalue weighted by Crippen LogP contribution is 2.49. The Labute approximate surface area is 308 Å². The van der Waals surface area contributed by atoms with Gasteiger partial charge in [-0.2, -0.15) is 11.8 Å². The molecule has 2 saturated heterocycles. The van der Waals surface area contributed by atoms with Gasteiger partial charge in [-0.3, -0.25) is 14.9 Å². The van der Waals surface area contributed by atoms with Crippen LogP contribution >= 0.6 is 23.4 Å². The molecule has 0 spiro atoms. The number of nitrogens with zero attached hydrogens (tertiary/aromatic N) is 2. The first-order valence-electron chi connectivity index (χ1n) is 16.8. The van der Waals surface area contributed by atoms with Gasteiger partial charge in [-0.05, 0) is 51.1 Å². The number of rotatable bonds is 8. The van der Waals surface area contributed by atoms with Gasteiger partial charge in [0.25, 0.3) is 0 Å². The molecule has 0 unspecified atom stereocenters. The number of allylic oxidation sites excluding steroid dienone is 3. The monoisotopic (exact) mass is 751 g/mol. The summed E-state index contributed by atoms with van der Waals surface area (Å²) in [6.07, 6.45) is 3.16. The van der Waals surface area contributed by atoms with Crippen LogP contribution in [0, 0.1) is 5.92 Å². The van der Waals surface area contributed by atoms with Gasteiger partial charge in [0.2, 0.25) is 11.8 Å². The molecule has 1 aromatic rings. The minimum atomic E-state index is -1.82. The third-order valence-electron chi connectivity index (χ3n) is 10.0. The summed E-state index contributed by atoms with van der Waals surface area (Å²) in [6.45, 7) is 7.02. The number of alkyl carbamates (subject to hydrolysis) is 1. The van der Waals surface area contributed by atoms with Crippen LogP contribution in [-0.4, -0.2) is 116 Å². The SMILES string of the molecule is COc1cc2cc(c1Cl)N(C)C(=O)C[C@H](OC(=O)[C@@H](C)N(C)C(=O)CCSC)[C@]1(C)O[C@H]1[C@H](C)[C@@H]1C[C@@](O)(NC(=O)O1)[C@H](OC)/C=C\C=C(\C)C2. The fourth-order valence-corrected chi connectivity index (χ4v) is 7.28. The molecule has 0 radical (unpaired) electrons. The van der Waals surface area contributed by atoms with Crippen LogP contribution in [0.15, 0.2) is 35.9 Å². The number of halogens is 1. The Bertz CT molecular complexity index is 1560. The number of anilines is 1. The average Bonchev–Trinajstić information content (AvgIpc) is 3.79. The average molecular weight is 752 g/mol. The van der Waals surface area contributed by atoms with Crippen LogP contribution < -0.4 is 15.0 Å². The van der Waals surface area contributed by atoms with E-state index in [-0.39, 0.29) is 30.2 Å². The molecule has 4 bridgehead atoms. The van der Waals surface area contributed by atoms with Crippen LogP contribution in [-0.2, 0) is 39.8 Å². The zero-order chi connectivity index (χ0) is 37.8. The third-order valence-corrected chi connectivity index (χ3v) is 11.0. The lowest BCUT2D eigenvalue weighted by atomic mass is 9.83. The van der Waals surface area contributed by atoms with E-state index in [0.717, 1.165) is 11.1 Å². The van der Waals surface area contributed by atoms with E-state index in [4.69, 9.17) is 35.3 Å². The number of ether oxygens (including phenoxy) is 5. The maximum Gasteiger partial charge on any atom is 0.409 e. The van der Waals surface area contributed by atoms with Gasteiger partial charge in [-0.25, -0.2) is 9.59 Å². The minimum absolute atomic E-state index is 0.0440. The molecule has 4 rings (SSSR count).